The summed E-state index contributed by atoms with van der Waals surface area (Å²) in [5.74, 6) is 0.687. The molecule has 0 spiro atoms. The number of ether oxygens (including phenoxy) is 1. The predicted octanol–water partition coefficient (Wildman–Crippen LogP) is 3.82. The van der Waals surface area contributed by atoms with Gasteiger partial charge in [-0.1, -0.05) is 25.1 Å². The molecular formula is C17H19NO2. The number of carbonyl (C=O) groups excluding carboxylic acids is 1. The van der Waals surface area contributed by atoms with Crippen LogP contribution in [0.1, 0.15) is 28.4 Å². The molecule has 3 heteroatoms. The van der Waals surface area contributed by atoms with E-state index < -0.39 is 0 Å². The zero-order chi connectivity index (χ0) is 14.5. The van der Waals surface area contributed by atoms with Gasteiger partial charge in [-0.2, -0.15) is 0 Å². The molecule has 2 aromatic rings. The second-order valence-electron chi connectivity index (χ2n) is 4.65. The van der Waals surface area contributed by atoms with Crippen molar-refractivity contribution in [2.45, 2.75) is 20.3 Å². The van der Waals surface area contributed by atoms with E-state index in [4.69, 9.17) is 4.74 Å². The van der Waals surface area contributed by atoms with Gasteiger partial charge in [-0.15, -0.1) is 0 Å². The van der Waals surface area contributed by atoms with Crippen molar-refractivity contribution < 1.29 is 9.53 Å². The average molecular weight is 269 g/mol. The Kier molecular flexibility index (Phi) is 4.41. The smallest absolute Gasteiger partial charge is 0.255 e. The van der Waals surface area contributed by atoms with E-state index >= 15 is 0 Å². The first-order chi connectivity index (χ1) is 9.65. The highest BCUT2D eigenvalue weighted by Crippen LogP contribution is 2.20. The van der Waals surface area contributed by atoms with Crippen LogP contribution in [-0.2, 0) is 6.42 Å². The Balaban J connectivity index is 2.22. The number of methoxy groups -OCH3 is 1. The monoisotopic (exact) mass is 269 g/mol. The van der Waals surface area contributed by atoms with Crippen LogP contribution in [0.25, 0.3) is 0 Å². The van der Waals surface area contributed by atoms with Gasteiger partial charge < -0.3 is 10.1 Å². The summed E-state index contributed by atoms with van der Waals surface area (Å²) in [5.41, 5.74) is 3.58. The molecule has 0 saturated carbocycles. The van der Waals surface area contributed by atoms with Crippen molar-refractivity contribution in [2.24, 2.45) is 0 Å². The molecule has 0 unspecified atom stereocenters. The molecule has 104 valence electrons. The first-order valence-corrected chi connectivity index (χ1v) is 6.69. The Bertz CT molecular complexity index is 620. The Labute approximate surface area is 119 Å². The molecule has 20 heavy (non-hydrogen) atoms. The summed E-state index contributed by atoms with van der Waals surface area (Å²) in [5, 5.41) is 2.96. The minimum atomic E-state index is -0.100. The van der Waals surface area contributed by atoms with E-state index in [0.29, 0.717) is 5.56 Å². The van der Waals surface area contributed by atoms with Gasteiger partial charge in [-0.3, -0.25) is 4.79 Å². The standard InChI is InChI=1S/C17H19NO2/c1-4-13-7-5-6-8-15(13)18-17(19)14-9-10-16(20-3)12(2)11-14/h5-11H,4H2,1-3H3,(H,18,19). The van der Waals surface area contributed by atoms with Crippen molar-refractivity contribution in [1.82, 2.24) is 0 Å². The number of carbonyl (C=O) groups is 1. The van der Waals surface area contributed by atoms with Crippen LogP contribution in [-0.4, -0.2) is 13.0 Å². The topological polar surface area (TPSA) is 38.3 Å². The summed E-state index contributed by atoms with van der Waals surface area (Å²) in [7, 11) is 1.62. The zero-order valence-electron chi connectivity index (χ0n) is 12.1. The lowest BCUT2D eigenvalue weighted by atomic mass is 10.1. The van der Waals surface area contributed by atoms with Gasteiger partial charge in [0, 0.05) is 11.3 Å². The molecule has 1 amide bonds. The van der Waals surface area contributed by atoms with Gasteiger partial charge in [-0.25, -0.2) is 0 Å². The normalized spacial score (nSPS) is 10.2. The number of benzene rings is 2. The number of rotatable bonds is 4. The highest BCUT2D eigenvalue weighted by Gasteiger charge is 2.10. The third-order valence-corrected chi connectivity index (χ3v) is 3.30. The van der Waals surface area contributed by atoms with Crippen molar-refractivity contribution >= 4 is 11.6 Å². The maximum absolute atomic E-state index is 12.3. The highest BCUT2D eigenvalue weighted by atomic mass is 16.5. The van der Waals surface area contributed by atoms with Gasteiger partial charge >= 0.3 is 0 Å². The van der Waals surface area contributed by atoms with Crippen molar-refractivity contribution in [2.75, 3.05) is 12.4 Å². The second kappa shape index (κ2) is 6.24. The summed E-state index contributed by atoms with van der Waals surface area (Å²) in [6, 6.07) is 13.3. The van der Waals surface area contributed by atoms with E-state index in [-0.39, 0.29) is 5.91 Å². The summed E-state index contributed by atoms with van der Waals surface area (Å²) in [4.78, 5) is 12.3. The van der Waals surface area contributed by atoms with E-state index in [0.717, 1.165) is 29.0 Å². The molecule has 0 radical (unpaired) electrons. The van der Waals surface area contributed by atoms with Crippen molar-refractivity contribution in [1.29, 1.82) is 0 Å². The number of aryl methyl sites for hydroxylation is 2. The van der Waals surface area contributed by atoms with Gasteiger partial charge in [0.25, 0.3) is 5.91 Å². The molecule has 2 rings (SSSR count). The fourth-order valence-electron chi connectivity index (χ4n) is 2.16. The van der Waals surface area contributed by atoms with Crippen LogP contribution < -0.4 is 10.1 Å². The number of hydrogen-bond acceptors (Lipinski definition) is 2. The SMILES string of the molecule is CCc1ccccc1NC(=O)c1ccc(OC)c(C)c1. The lowest BCUT2D eigenvalue weighted by molar-refractivity contribution is 0.102. The molecule has 3 nitrogen and oxygen atoms in total. The van der Waals surface area contributed by atoms with Crippen molar-refractivity contribution in [3.05, 3.63) is 59.2 Å². The van der Waals surface area contributed by atoms with Crippen LogP contribution >= 0.6 is 0 Å². The first kappa shape index (κ1) is 14.1. The molecule has 0 aliphatic rings. The van der Waals surface area contributed by atoms with Gasteiger partial charge in [0.1, 0.15) is 5.75 Å². The van der Waals surface area contributed by atoms with Crippen molar-refractivity contribution in [3.8, 4) is 5.75 Å². The largest absolute Gasteiger partial charge is 0.496 e. The molecule has 0 saturated heterocycles. The van der Waals surface area contributed by atoms with Crippen LogP contribution in [0.5, 0.6) is 5.75 Å². The van der Waals surface area contributed by atoms with Crippen LogP contribution in [0.2, 0.25) is 0 Å². The summed E-state index contributed by atoms with van der Waals surface area (Å²) in [6.45, 7) is 4.00. The summed E-state index contributed by atoms with van der Waals surface area (Å²) in [6.07, 6.45) is 0.887. The van der Waals surface area contributed by atoms with Crippen molar-refractivity contribution in [3.63, 3.8) is 0 Å². The molecule has 1 N–H and O–H groups in total. The third-order valence-electron chi connectivity index (χ3n) is 3.30. The molecule has 0 bridgehead atoms. The molecule has 0 heterocycles. The van der Waals surface area contributed by atoms with E-state index in [2.05, 4.69) is 12.2 Å². The molecule has 0 aromatic heterocycles. The van der Waals surface area contributed by atoms with Gasteiger partial charge in [0.15, 0.2) is 0 Å². The first-order valence-electron chi connectivity index (χ1n) is 6.69. The van der Waals surface area contributed by atoms with Crippen LogP contribution in [0.15, 0.2) is 42.5 Å². The Hall–Kier alpha value is -2.29. The van der Waals surface area contributed by atoms with Gasteiger partial charge in [0.2, 0.25) is 0 Å². The molecule has 0 fully saturated rings. The fourth-order valence-corrected chi connectivity index (χ4v) is 2.16. The molecule has 0 atom stereocenters. The molecule has 0 aliphatic heterocycles. The quantitative estimate of drug-likeness (QED) is 0.916. The molecule has 0 aliphatic carbocycles. The van der Waals surface area contributed by atoms with E-state index in [1.807, 2.05) is 43.3 Å². The van der Waals surface area contributed by atoms with Gasteiger partial charge in [-0.05, 0) is 48.7 Å². The maximum Gasteiger partial charge on any atom is 0.255 e. The lowest BCUT2D eigenvalue weighted by Gasteiger charge is -2.11. The highest BCUT2D eigenvalue weighted by molar-refractivity contribution is 6.04. The minimum Gasteiger partial charge on any atom is -0.496 e. The Morgan fingerprint density at radius 3 is 2.60 bits per heavy atom. The number of para-hydroxylation sites is 1. The van der Waals surface area contributed by atoms with Crippen LogP contribution in [0, 0.1) is 6.92 Å². The summed E-state index contributed by atoms with van der Waals surface area (Å²) < 4.78 is 5.20. The fraction of sp³-hybridized carbons (Fsp3) is 0.235. The third kappa shape index (κ3) is 2.99. The molecule has 2 aromatic carbocycles. The lowest BCUT2D eigenvalue weighted by Crippen LogP contribution is -2.13. The van der Waals surface area contributed by atoms with E-state index in [9.17, 15) is 4.79 Å². The number of amides is 1. The minimum absolute atomic E-state index is 0.100. The van der Waals surface area contributed by atoms with E-state index in [1.54, 1.807) is 13.2 Å². The number of nitrogens with one attached hydrogen (secondary N) is 1. The van der Waals surface area contributed by atoms with Gasteiger partial charge in [0.05, 0.1) is 7.11 Å². The zero-order valence-corrected chi connectivity index (χ0v) is 12.1. The van der Waals surface area contributed by atoms with E-state index in [1.165, 1.54) is 0 Å². The predicted molar refractivity (Wildman–Crippen MR) is 81.5 cm³/mol. The average Bonchev–Trinajstić information content (AvgIpc) is 2.47. The summed E-state index contributed by atoms with van der Waals surface area (Å²) >= 11 is 0. The van der Waals surface area contributed by atoms with Crippen LogP contribution in [0.3, 0.4) is 0 Å². The number of anilines is 1. The number of hydrogen-bond donors (Lipinski definition) is 1. The molecular weight excluding hydrogens is 250 g/mol. The van der Waals surface area contributed by atoms with Crippen LogP contribution in [0.4, 0.5) is 5.69 Å². The maximum atomic E-state index is 12.3. The second-order valence-corrected chi connectivity index (χ2v) is 4.65. The Morgan fingerprint density at radius 2 is 1.95 bits per heavy atom. The Morgan fingerprint density at radius 1 is 1.20 bits per heavy atom.